The lowest BCUT2D eigenvalue weighted by atomic mass is 10.1. The van der Waals surface area contributed by atoms with Gasteiger partial charge in [0.1, 0.15) is 0 Å². The minimum atomic E-state index is 0.0250. The van der Waals surface area contributed by atoms with E-state index in [9.17, 15) is 4.79 Å². The summed E-state index contributed by atoms with van der Waals surface area (Å²) in [5.74, 6) is 0.0250. The van der Waals surface area contributed by atoms with Crippen molar-refractivity contribution in [2.75, 3.05) is 13.1 Å². The van der Waals surface area contributed by atoms with Crippen molar-refractivity contribution in [3.05, 3.63) is 75.3 Å². The molecule has 3 aromatic rings. The lowest BCUT2D eigenvalue weighted by Crippen LogP contribution is -2.28. The van der Waals surface area contributed by atoms with Crippen molar-refractivity contribution in [2.45, 2.75) is 27.3 Å². The van der Waals surface area contributed by atoms with Crippen LogP contribution in [0.15, 0.2) is 58.4 Å². The monoisotopic (exact) mass is 437 g/mol. The maximum absolute atomic E-state index is 12.9. The molecule has 154 valence electrons. The van der Waals surface area contributed by atoms with Crippen LogP contribution in [0.4, 0.5) is 0 Å². The predicted molar refractivity (Wildman–Crippen MR) is 128 cm³/mol. The molecule has 1 fully saturated rings. The van der Waals surface area contributed by atoms with Crippen molar-refractivity contribution in [1.29, 1.82) is 0 Å². The van der Waals surface area contributed by atoms with Crippen LogP contribution in [0.5, 0.6) is 0 Å². The molecule has 30 heavy (non-hydrogen) atoms. The Kier molecular flexibility index (Phi) is 6.02. The molecule has 1 aromatic heterocycles. The molecule has 0 N–H and O–H groups in total. The fraction of sp³-hybridized carbons (Fsp3) is 0.250. The quantitative estimate of drug-likeness (QED) is 0.461. The number of carbonyl (C=O) groups is 1. The Balaban J connectivity index is 1.82. The first-order valence-electron chi connectivity index (χ1n) is 10.1. The Morgan fingerprint density at radius 1 is 1.10 bits per heavy atom. The number of amidine groups is 1. The van der Waals surface area contributed by atoms with Crippen molar-refractivity contribution in [3.8, 4) is 0 Å². The summed E-state index contributed by atoms with van der Waals surface area (Å²) in [4.78, 5) is 19.9. The third-order valence-corrected chi connectivity index (χ3v) is 6.75. The number of aliphatic imine (C=N–C) groups is 1. The van der Waals surface area contributed by atoms with Gasteiger partial charge in [-0.1, -0.05) is 48.0 Å². The number of aromatic nitrogens is 1. The first kappa shape index (κ1) is 20.8. The molecule has 4 nitrogen and oxygen atoms in total. The average Bonchev–Trinajstić information content (AvgIpc) is 3.19. The Hall–Kier alpha value is -2.50. The molecule has 0 radical (unpaired) electrons. The van der Waals surface area contributed by atoms with Gasteiger partial charge >= 0.3 is 0 Å². The van der Waals surface area contributed by atoms with Gasteiger partial charge in [0.15, 0.2) is 5.17 Å². The SMILES string of the molecule is CCN=C1S/C(=C/c2c(C)n(Cc3ccccc3Cl)c3ccccc23)C(=O)N1CC. The summed E-state index contributed by atoms with van der Waals surface area (Å²) < 4.78 is 2.27. The third kappa shape index (κ3) is 3.68. The summed E-state index contributed by atoms with van der Waals surface area (Å²) in [7, 11) is 0. The van der Waals surface area contributed by atoms with Crippen LogP contribution in [0.3, 0.4) is 0 Å². The lowest BCUT2D eigenvalue weighted by molar-refractivity contribution is -0.122. The topological polar surface area (TPSA) is 37.6 Å². The van der Waals surface area contributed by atoms with Gasteiger partial charge in [-0.25, -0.2) is 0 Å². The summed E-state index contributed by atoms with van der Waals surface area (Å²) in [6.07, 6.45) is 2.02. The molecule has 1 amide bonds. The minimum Gasteiger partial charge on any atom is -0.340 e. The minimum absolute atomic E-state index is 0.0250. The second kappa shape index (κ2) is 8.70. The number of rotatable bonds is 5. The van der Waals surface area contributed by atoms with Gasteiger partial charge in [0.25, 0.3) is 5.91 Å². The molecule has 0 bridgehead atoms. The van der Waals surface area contributed by atoms with Crippen LogP contribution in [0.1, 0.15) is 30.7 Å². The van der Waals surface area contributed by atoms with Crippen LogP contribution in [0.25, 0.3) is 17.0 Å². The lowest BCUT2D eigenvalue weighted by Gasteiger charge is -2.11. The van der Waals surface area contributed by atoms with Gasteiger partial charge in [-0.15, -0.1) is 0 Å². The van der Waals surface area contributed by atoms with E-state index in [0.717, 1.165) is 37.9 Å². The summed E-state index contributed by atoms with van der Waals surface area (Å²) >= 11 is 7.89. The number of hydrogen-bond acceptors (Lipinski definition) is 3. The molecule has 2 heterocycles. The predicted octanol–water partition coefficient (Wildman–Crippen LogP) is 5.96. The number of hydrogen-bond donors (Lipinski definition) is 0. The van der Waals surface area contributed by atoms with Gasteiger partial charge < -0.3 is 4.57 Å². The molecule has 6 heteroatoms. The van der Waals surface area contributed by atoms with Crippen LogP contribution in [-0.2, 0) is 11.3 Å². The number of amides is 1. The number of benzene rings is 2. The maximum atomic E-state index is 12.9. The summed E-state index contributed by atoms with van der Waals surface area (Å²) in [5, 5.41) is 2.68. The molecule has 2 aromatic carbocycles. The number of likely N-dealkylation sites (N-methyl/N-ethyl adjacent to an activating group) is 1. The van der Waals surface area contributed by atoms with Gasteiger partial charge in [-0.3, -0.25) is 14.7 Å². The van der Waals surface area contributed by atoms with Crippen LogP contribution in [-0.4, -0.2) is 33.6 Å². The number of para-hydroxylation sites is 1. The zero-order valence-corrected chi connectivity index (χ0v) is 18.9. The molecule has 1 aliphatic heterocycles. The van der Waals surface area contributed by atoms with Gasteiger partial charge in [-0.2, -0.15) is 0 Å². The number of carbonyl (C=O) groups excluding carboxylic acids is 1. The molecule has 0 spiro atoms. The molecule has 0 saturated carbocycles. The molecule has 0 atom stereocenters. The summed E-state index contributed by atoms with van der Waals surface area (Å²) in [6.45, 7) is 8.03. The van der Waals surface area contributed by atoms with Crippen molar-refractivity contribution < 1.29 is 4.79 Å². The van der Waals surface area contributed by atoms with E-state index in [-0.39, 0.29) is 5.91 Å². The van der Waals surface area contributed by atoms with Crippen LogP contribution >= 0.6 is 23.4 Å². The fourth-order valence-corrected chi connectivity index (χ4v) is 5.09. The Morgan fingerprint density at radius 2 is 1.83 bits per heavy atom. The van der Waals surface area contributed by atoms with Crippen molar-refractivity contribution in [1.82, 2.24) is 9.47 Å². The molecule has 4 rings (SSSR count). The normalized spacial score (nSPS) is 17.1. The van der Waals surface area contributed by atoms with E-state index in [0.29, 0.717) is 24.5 Å². The Labute approximate surface area is 186 Å². The highest BCUT2D eigenvalue weighted by molar-refractivity contribution is 8.18. The van der Waals surface area contributed by atoms with Crippen molar-refractivity contribution >= 4 is 51.4 Å². The standard InChI is InChI=1S/C24H24ClN3OS/c1-4-26-24-27(5-2)23(29)22(30-24)14-19-16(3)28(21-13-9-7-11-18(19)21)15-17-10-6-8-12-20(17)25/h6-14H,4-5,15H2,1-3H3/b22-14+,26-24?. The molecule has 1 saturated heterocycles. The maximum Gasteiger partial charge on any atom is 0.266 e. The Morgan fingerprint density at radius 3 is 2.57 bits per heavy atom. The first-order valence-corrected chi connectivity index (χ1v) is 11.3. The van der Waals surface area contributed by atoms with E-state index in [4.69, 9.17) is 11.6 Å². The van der Waals surface area contributed by atoms with E-state index < -0.39 is 0 Å². The smallest absolute Gasteiger partial charge is 0.266 e. The van der Waals surface area contributed by atoms with Crippen LogP contribution in [0.2, 0.25) is 5.02 Å². The highest BCUT2D eigenvalue weighted by atomic mass is 35.5. The van der Waals surface area contributed by atoms with E-state index in [1.807, 2.05) is 50.3 Å². The van der Waals surface area contributed by atoms with E-state index in [1.165, 1.54) is 11.8 Å². The van der Waals surface area contributed by atoms with Crippen LogP contribution < -0.4 is 0 Å². The summed E-state index contributed by atoms with van der Waals surface area (Å²) in [5.41, 5.74) is 4.39. The molecule has 0 unspecified atom stereocenters. The Bertz CT molecular complexity index is 1180. The second-order valence-electron chi connectivity index (χ2n) is 7.11. The fourth-order valence-electron chi connectivity index (χ4n) is 3.81. The van der Waals surface area contributed by atoms with Gasteiger partial charge in [-0.05, 0) is 56.3 Å². The zero-order valence-electron chi connectivity index (χ0n) is 17.4. The highest BCUT2D eigenvalue weighted by Crippen LogP contribution is 2.36. The van der Waals surface area contributed by atoms with E-state index >= 15 is 0 Å². The van der Waals surface area contributed by atoms with Crippen molar-refractivity contribution in [3.63, 3.8) is 0 Å². The average molecular weight is 438 g/mol. The molecule has 1 aliphatic rings. The van der Waals surface area contributed by atoms with Crippen molar-refractivity contribution in [2.24, 2.45) is 4.99 Å². The first-order chi connectivity index (χ1) is 14.5. The zero-order chi connectivity index (χ0) is 21.3. The number of fused-ring (bicyclic) bond motifs is 1. The van der Waals surface area contributed by atoms with Gasteiger partial charge in [0.2, 0.25) is 0 Å². The second-order valence-corrected chi connectivity index (χ2v) is 8.53. The van der Waals surface area contributed by atoms with E-state index in [2.05, 4.69) is 34.7 Å². The summed E-state index contributed by atoms with van der Waals surface area (Å²) in [6, 6.07) is 16.2. The molecular weight excluding hydrogens is 414 g/mol. The number of nitrogens with zero attached hydrogens (tertiary/aromatic N) is 3. The highest BCUT2D eigenvalue weighted by Gasteiger charge is 2.32. The third-order valence-electron chi connectivity index (χ3n) is 5.34. The van der Waals surface area contributed by atoms with E-state index in [1.54, 1.807) is 4.90 Å². The number of thioether (sulfide) groups is 1. The van der Waals surface area contributed by atoms with Gasteiger partial charge in [0.05, 0.1) is 4.91 Å². The molecule has 0 aliphatic carbocycles. The number of halogens is 1. The molecular formula is C24H24ClN3OS. The largest absolute Gasteiger partial charge is 0.340 e. The van der Waals surface area contributed by atoms with Crippen LogP contribution in [0, 0.1) is 6.92 Å². The van der Waals surface area contributed by atoms with Gasteiger partial charge in [0, 0.05) is 46.8 Å².